The highest BCUT2D eigenvalue weighted by molar-refractivity contribution is 5.98. The Morgan fingerprint density at radius 3 is 2.44 bits per heavy atom. The topological polar surface area (TPSA) is 123 Å². The first-order chi connectivity index (χ1) is 20.8. The first kappa shape index (κ1) is 28.9. The van der Waals surface area contributed by atoms with Crippen molar-refractivity contribution in [1.29, 1.82) is 0 Å². The van der Waals surface area contributed by atoms with Gasteiger partial charge in [-0.25, -0.2) is 14.6 Å². The van der Waals surface area contributed by atoms with Crippen molar-refractivity contribution in [3.05, 3.63) is 76.1 Å². The number of benzene rings is 1. The summed E-state index contributed by atoms with van der Waals surface area (Å²) >= 11 is 0. The molecule has 6 aliphatic rings. The predicted molar refractivity (Wildman–Crippen MR) is 155 cm³/mol. The summed E-state index contributed by atoms with van der Waals surface area (Å²) in [6.45, 7) is 0.824. The SMILES string of the molecule is O=C(ON(CCCc1ccc([N+](=O)[O-])cc1)C(=O)OCCC12CC3CC(CC(C3)C1)C2)C1=CC=CN2CCC=CC(=O)N12. The first-order valence-electron chi connectivity index (χ1n) is 15.3. The zero-order valence-electron chi connectivity index (χ0n) is 24.3. The lowest BCUT2D eigenvalue weighted by Gasteiger charge is -2.57. The summed E-state index contributed by atoms with van der Waals surface area (Å²) in [4.78, 5) is 55.6. The second-order valence-electron chi connectivity index (χ2n) is 12.7. The zero-order chi connectivity index (χ0) is 30.0. The van der Waals surface area contributed by atoms with Crippen molar-refractivity contribution in [2.75, 3.05) is 19.7 Å². The van der Waals surface area contributed by atoms with Gasteiger partial charge in [0.1, 0.15) is 0 Å². The minimum absolute atomic E-state index is 0.000728. The molecule has 4 bridgehead atoms. The molecule has 2 heterocycles. The molecule has 0 saturated heterocycles. The van der Waals surface area contributed by atoms with E-state index in [2.05, 4.69) is 0 Å². The van der Waals surface area contributed by atoms with Crippen LogP contribution < -0.4 is 0 Å². The van der Waals surface area contributed by atoms with Gasteiger partial charge >= 0.3 is 12.1 Å². The summed E-state index contributed by atoms with van der Waals surface area (Å²) in [5, 5.41) is 14.8. The van der Waals surface area contributed by atoms with E-state index in [9.17, 15) is 24.5 Å². The molecule has 1 aromatic carbocycles. The number of hydrogen-bond donors (Lipinski definition) is 0. The van der Waals surface area contributed by atoms with Gasteiger partial charge in [-0.3, -0.25) is 19.9 Å². The molecule has 228 valence electrons. The van der Waals surface area contributed by atoms with Gasteiger partial charge in [0.05, 0.1) is 18.1 Å². The lowest BCUT2D eigenvalue weighted by molar-refractivity contribution is -0.384. The van der Waals surface area contributed by atoms with Gasteiger partial charge in [-0.2, -0.15) is 0 Å². The van der Waals surface area contributed by atoms with Crippen LogP contribution in [-0.4, -0.2) is 57.7 Å². The molecule has 0 aromatic heterocycles. The van der Waals surface area contributed by atoms with Gasteiger partial charge < -0.3 is 9.57 Å². The molecule has 43 heavy (non-hydrogen) atoms. The van der Waals surface area contributed by atoms with Crippen LogP contribution in [0.3, 0.4) is 0 Å². The van der Waals surface area contributed by atoms with Gasteiger partial charge in [-0.05, 0) is 105 Å². The van der Waals surface area contributed by atoms with Crippen LogP contribution in [0.15, 0.2) is 60.5 Å². The smallest absolute Gasteiger partial charge is 0.443 e. The molecule has 11 nitrogen and oxygen atoms in total. The van der Waals surface area contributed by atoms with Crippen molar-refractivity contribution in [2.24, 2.45) is 23.2 Å². The van der Waals surface area contributed by atoms with Gasteiger partial charge in [-0.15, -0.1) is 5.06 Å². The monoisotopic (exact) mass is 590 g/mol. The third-order valence-corrected chi connectivity index (χ3v) is 9.59. The van der Waals surface area contributed by atoms with E-state index in [1.807, 2.05) is 0 Å². The zero-order valence-corrected chi connectivity index (χ0v) is 24.3. The number of ether oxygens (including phenoxy) is 1. The van der Waals surface area contributed by atoms with Crippen LogP contribution in [-0.2, 0) is 25.6 Å². The third kappa shape index (κ3) is 6.45. The van der Waals surface area contributed by atoms with Crippen molar-refractivity contribution in [2.45, 2.75) is 64.2 Å². The Labute approximate surface area is 250 Å². The van der Waals surface area contributed by atoms with Crippen LogP contribution in [0.4, 0.5) is 10.5 Å². The van der Waals surface area contributed by atoms with Crippen molar-refractivity contribution in [3.63, 3.8) is 0 Å². The van der Waals surface area contributed by atoms with E-state index in [1.165, 1.54) is 67.8 Å². The molecule has 4 saturated carbocycles. The standard InChI is InChI=1S/C32H38N4O7/c37-29-7-1-2-13-33-14-4-6-28(35(29)33)30(38)43-34(15-3-5-23-8-10-27(11-9-23)36(40)41)31(39)42-16-12-32-20-24-17-25(21-32)19-26(18-24)22-32/h1,4,6-11,14,24-26H,2-3,5,12-13,15-22H2. The van der Waals surface area contributed by atoms with Gasteiger partial charge in [-0.1, -0.05) is 18.2 Å². The second-order valence-corrected chi connectivity index (χ2v) is 12.7. The number of hydrazine groups is 1. The number of nitrogens with zero attached hydrogens (tertiary/aromatic N) is 4. The largest absolute Gasteiger partial charge is 0.447 e. The maximum absolute atomic E-state index is 13.4. The molecular weight excluding hydrogens is 552 g/mol. The molecule has 0 N–H and O–H groups in total. The Morgan fingerprint density at radius 1 is 1.07 bits per heavy atom. The van der Waals surface area contributed by atoms with Crippen LogP contribution in [0.1, 0.15) is 63.4 Å². The quantitative estimate of drug-likeness (QED) is 0.275. The van der Waals surface area contributed by atoms with Gasteiger partial charge in [0.15, 0.2) is 5.70 Å². The van der Waals surface area contributed by atoms with E-state index in [4.69, 9.17) is 9.57 Å². The number of hydrogen-bond acceptors (Lipinski definition) is 8. The number of allylic oxidation sites excluding steroid dienone is 2. The first-order valence-corrected chi connectivity index (χ1v) is 15.3. The molecule has 1 aromatic rings. The Balaban J connectivity index is 1.10. The summed E-state index contributed by atoms with van der Waals surface area (Å²) in [7, 11) is 0. The van der Waals surface area contributed by atoms with E-state index in [-0.39, 0.29) is 35.9 Å². The highest BCUT2D eigenvalue weighted by Gasteiger charge is 2.50. The predicted octanol–water partition coefficient (Wildman–Crippen LogP) is 5.45. The number of nitro benzene ring substituents is 1. The fraction of sp³-hybridized carbons (Fsp3) is 0.531. The van der Waals surface area contributed by atoms with Crippen LogP contribution in [0, 0.1) is 33.3 Å². The Kier molecular flexibility index (Phi) is 8.23. The fourth-order valence-electron chi connectivity index (χ4n) is 8.10. The Bertz CT molecular complexity index is 1320. The molecule has 0 spiro atoms. The Hall–Kier alpha value is -4.15. The normalized spacial score (nSPS) is 26.9. The molecule has 4 aliphatic carbocycles. The second kappa shape index (κ2) is 12.2. The number of rotatable bonds is 9. The number of amides is 2. The summed E-state index contributed by atoms with van der Waals surface area (Å²) in [6.07, 6.45) is 17.3. The van der Waals surface area contributed by atoms with Crippen molar-refractivity contribution in [1.82, 2.24) is 15.1 Å². The maximum Gasteiger partial charge on any atom is 0.443 e. The van der Waals surface area contributed by atoms with Gasteiger partial charge in [0, 0.05) is 31.0 Å². The molecule has 2 aliphatic heterocycles. The van der Waals surface area contributed by atoms with E-state index >= 15 is 0 Å². The van der Waals surface area contributed by atoms with Gasteiger partial charge in [0.2, 0.25) is 0 Å². The third-order valence-electron chi connectivity index (χ3n) is 9.59. The van der Waals surface area contributed by atoms with Crippen LogP contribution in [0.2, 0.25) is 0 Å². The van der Waals surface area contributed by atoms with Gasteiger partial charge in [0.25, 0.3) is 11.6 Å². The number of carbonyl (C=O) groups excluding carboxylic acids is 3. The van der Waals surface area contributed by atoms with E-state index in [0.717, 1.165) is 34.8 Å². The summed E-state index contributed by atoms with van der Waals surface area (Å²) in [6, 6.07) is 6.22. The highest BCUT2D eigenvalue weighted by Crippen LogP contribution is 2.61. The molecular formula is C32H38N4O7. The minimum Gasteiger partial charge on any atom is -0.447 e. The van der Waals surface area contributed by atoms with E-state index < -0.39 is 17.0 Å². The summed E-state index contributed by atoms with van der Waals surface area (Å²) in [5.74, 6) is 1.17. The average Bonchev–Trinajstić information content (AvgIpc) is 3.17. The summed E-state index contributed by atoms with van der Waals surface area (Å²) < 4.78 is 5.72. The lowest BCUT2D eigenvalue weighted by atomic mass is 9.49. The molecule has 2 amide bonds. The number of aryl methyl sites for hydroxylation is 1. The number of hydroxylamine groups is 2. The lowest BCUT2D eigenvalue weighted by Crippen LogP contribution is -2.47. The fourth-order valence-corrected chi connectivity index (χ4v) is 8.10. The highest BCUT2D eigenvalue weighted by atomic mass is 16.8. The molecule has 11 heteroatoms. The Morgan fingerprint density at radius 2 is 1.77 bits per heavy atom. The van der Waals surface area contributed by atoms with Crippen LogP contribution >= 0.6 is 0 Å². The van der Waals surface area contributed by atoms with Crippen molar-refractivity contribution < 1.29 is 28.9 Å². The van der Waals surface area contributed by atoms with Crippen molar-refractivity contribution in [3.8, 4) is 0 Å². The molecule has 4 fully saturated rings. The average molecular weight is 591 g/mol. The molecule has 0 radical (unpaired) electrons. The molecule has 7 rings (SSSR count). The molecule has 0 unspecified atom stereocenters. The number of nitro groups is 1. The van der Waals surface area contributed by atoms with Crippen LogP contribution in [0.25, 0.3) is 0 Å². The summed E-state index contributed by atoms with van der Waals surface area (Å²) in [5.41, 5.74) is 1.10. The van der Waals surface area contributed by atoms with Crippen molar-refractivity contribution >= 4 is 23.7 Å². The van der Waals surface area contributed by atoms with E-state index in [0.29, 0.717) is 25.8 Å². The van der Waals surface area contributed by atoms with E-state index in [1.54, 1.807) is 35.5 Å². The molecule has 0 atom stereocenters. The maximum atomic E-state index is 13.4. The van der Waals surface area contributed by atoms with Crippen LogP contribution in [0.5, 0.6) is 0 Å². The number of fused-ring (bicyclic) bond motifs is 1. The number of carbonyl (C=O) groups is 3. The minimum atomic E-state index is -0.841. The number of non-ortho nitro benzene ring substituents is 1.